The molecule has 3 N–H and O–H groups in total. The van der Waals surface area contributed by atoms with Gasteiger partial charge < -0.3 is 20.1 Å². The van der Waals surface area contributed by atoms with Crippen LogP contribution in [0.1, 0.15) is 31.8 Å². The van der Waals surface area contributed by atoms with E-state index < -0.39 is 23.7 Å². The molecule has 0 heterocycles. The fraction of sp³-hybridized carbons (Fsp3) is 0.0645. The van der Waals surface area contributed by atoms with Gasteiger partial charge in [0.25, 0.3) is 5.91 Å². The van der Waals surface area contributed by atoms with Crippen LogP contribution in [0.2, 0.25) is 0 Å². The van der Waals surface area contributed by atoms with Gasteiger partial charge in [0.05, 0.1) is 30.1 Å². The summed E-state index contributed by atoms with van der Waals surface area (Å²) in [6.07, 6.45) is 1.29. The number of rotatable bonds is 8. The van der Waals surface area contributed by atoms with Crippen molar-refractivity contribution in [3.05, 3.63) is 119 Å². The second kappa shape index (κ2) is 13.3. The first-order valence-corrected chi connectivity index (χ1v) is 12.4. The summed E-state index contributed by atoms with van der Waals surface area (Å²) >= 11 is 0. The zero-order valence-corrected chi connectivity index (χ0v) is 22.2. The van der Waals surface area contributed by atoms with Crippen molar-refractivity contribution in [1.82, 2.24) is 5.43 Å². The first kappa shape index (κ1) is 28.2. The second-order valence-corrected chi connectivity index (χ2v) is 8.68. The van der Waals surface area contributed by atoms with Gasteiger partial charge in [-0.2, -0.15) is 5.10 Å². The molecule has 0 aliphatic carbocycles. The fourth-order valence-electron chi connectivity index (χ4n) is 3.60. The van der Waals surface area contributed by atoms with Crippen LogP contribution in [0.15, 0.2) is 102 Å². The van der Waals surface area contributed by atoms with Crippen LogP contribution in [-0.4, -0.2) is 37.0 Å². The Balaban J connectivity index is 1.35. The van der Waals surface area contributed by atoms with Crippen molar-refractivity contribution < 1.29 is 28.7 Å². The Bertz CT molecular complexity index is 1600. The summed E-state index contributed by atoms with van der Waals surface area (Å²) in [7, 11) is 1.42. The van der Waals surface area contributed by atoms with Crippen LogP contribution in [0.4, 0.5) is 11.4 Å². The molecule has 0 radical (unpaired) electrons. The van der Waals surface area contributed by atoms with Gasteiger partial charge in [0.15, 0.2) is 11.5 Å². The zero-order chi connectivity index (χ0) is 29.2. The average molecular weight is 551 g/mol. The monoisotopic (exact) mass is 550 g/mol. The SMILES string of the molecule is COc1cc(C=NNC(=O)C(=O)Nc2ccccc2C(=O)Nc2ccc(C)cc2)ccc1OC(=O)c1ccccc1. The van der Waals surface area contributed by atoms with Crippen LogP contribution in [-0.2, 0) is 9.59 Å². The summed E-state index contributed by atoms with van der Waals surface area (Å²) < 4.78 is 10.7. The Morgan fingerprint density at radius 2 is 1.46 bits per heavy atom. The van der Waals surface area contributed by atoms with Gasteiger partial charge in [-0.1, -0.05) is 48.0 Å². The van der Waals surface area contributed by atoms with E-state index in [1.165, 1.54) is 31.5 Å². The highest BCUT2D eigenvalue weighted by molar-refractivity contribution is 6.40. The molecule has 0 fully saturated rings. The molecule has 0 bridgehead atoms. The molecule has 0 aromatic heterocycles. The zero-order valence-electron chi connectivity index (χ0n) is 22.2. The van der Waals surface area contributed by atoms with E-state index in [2.05, 4.69) is 21.2 Å². The second-order valence-electron chi connectivity index (χ2n) is 8.68. The molecule has 4 aromatic carbocycles. The average Bonchev–Trinajstić information content (AvgIpc) is 2.99. The number of para-hydroxylation sites is 1. The predicted molar refractivity (Wildman–Crippen MR) is 154 cm³/mol. The lowest BCUT2D eigenvalue weighted by Gasteiger charge is -2.11. The van der Waals surface area contributed by atoms with E-state index in [0.717, 1.165) is 5.56 Å². The molecule has 0 saturated heterocycles. The van der Waals surface area contributed by atoms with Crippen molar-refractivity contribution in [2.24, 2.45) is 5.10 Å². The lowest BCUT2D eigenvalue weighted by atomic mass is 10.1. The van der Waals surface area contributed by atoms with Crippen LogP contribution in [0.25, 0.3) is 0 Å². The molecule has 0 saturated carbocycles. The molecule has 0 unspecified atom stereocenters. The summed E-state index contributed by atoms with van der Waals surface area (Å²) in [6, 6.07) is 26.7. The number of nitrogens with one attached hydrogen (secondary N) is 3. The number of aryl methyl sites for hydroxylation is 1. The number of esters is 1. The summed E-state index contributed by atoms with van der Waals surface area (Å²) in [4.78, 5) is 50.0. The van der Waals surface area contributed by atoms with Crippen LogP contribution < -0.4 is 25.5 Å². The molecule has 0 atom stereocenters. The number of hydrogen-bond donors (Lipinski definition) is 3. The van der Waals surface area contributed by atoms with Gasteiger partial charge in [-0.15, -0.1) is 0 Å². The molecular weight excluding hydrogens is 524 g/mol. The van der Waals surface area contributed by atoms with Gasteiger partial charge in [0.1, 0.15) is 0 Å². The highest BCUT2D eigenvalue weighted by Gasteiger charge is 2.18. The Hall–Kier alpha value is -5.77. The van der Waals surface area contributed by atoms with Crippen molar-refractivity contribution in [3.8, 4) is 11.5 Å². The number of carbonyl (C=O) groups is 4. The third-order valence-electron chi connectivity index (χ3n) is 5.72. The maximum Gasteiger partial charge on any atom is 0.343 e. The quantitative estimate of drug-likeness (QED) is 0.0968. The maximum absolute atomic E-state index is 12.8. The van der Waals surface area contributed by atoms with Crippen LogP contribution in [0.5, 0.6) is 11.5 Å². The molecule has 0 spiro atoms. The van der Waals surface area contributed by atoms with E-state index in [4.69, 9.17) is 9.47 Å². The molecule has 10 heteroatoms. The Labute approximate surface area is 236 Å². The number of nitrogens with zero attached hydrogens (tertiary/aromatic N) is 1. The van der Waals surface area contributed by atoms with Crippen molar-refractivity contribution in [1.29, 1.82) is 0 Å². The molecule has 41 heavy (non-hydrogen) atoms. The van der Waals surface area contributed by atoms with E-state index in [1.807, 2.05) is 19.1 Å². The smallest absolute Gasteiger partial charge is 0.343 e. The van der Waals surface area contributed by atoms with Crippen molar-refractivity contribution in [2.45, 2.75) is 6.92 Å². The van der Waals surface area contributed by atoms with Crippen LogP contribution in [0.3, 0.4) is 0 Å². The molecule has 4 aromatic rings. The normalized spacial score (nSPS) is 10.5. The Morgan fingerprint density at radius 1 is 0.756 bits per heavy atom. The number of benzene rings is 4. The van der Waals surface area contributed by atoms with Gasteiger partial charge in [-0.3, -0.25) is 14.4 Å². The minimum absolute atomic E-state index is 0.159. The van der Waals surface area contributed by atoms with Crippen molar-refractivity contribution in [2.75, 3.05) is 17.7 Å². The molecule has 4 rings (SSSR count). The molecular formula is C31H26N4O6. The first-order chi connectivity index (χ1) is 19.8. The summed E-state index contributed by atoms with van der Waals surface area (Å²) in [5, 5.41) is 9.01. The summed E-state index contributed by atoms with van der Waals surface area (Å²) in [6.45, 7) is 1.93. The van der Waals surface area contributed by atoms with Crippen molar-refractivity contribution in [3.63, 3.8) is 0 Å². The van der Waals surface area contributed by atoms with Gasteiger partial charge in [0, 0.05) is 5.69 Å². The lowest BCUT2D eigenvalue weighted by Crippen LogP contribution is -2.33. The molecule has 0 aliphatic heterocycles. The van der Waals surface area contributed by atoms with Gasteiger partial charge in [0.2, 0.25) is 0 Å². The topological polar surface area (TPSA) is 135 Å². The number of hydrazone groups is 1. The minimum Gasteiger partial charge on any atom is -0.493 e. The number of amides is 3. The number of carbonyl (C=O) groups excluding carboxylic acids is 4. The Kier molecular flexibility index (Phi) is 9.19. The van der Waals surface area contributed by atoms with Crippen molar-refractivity contribution >= 4 is 41.3 Å². The predicted octanol–water partition coefficient (Wildman–Crippen LogP) is 4.56. The highest BCUT2D eigenvalue weighted by Crippen LogP contribution is 2.28. The first-order valence-electron chi connectivity index (χ1n) is 12.4. The van der Waals surface area contributed by atoms with Gasteiger partial charge in [-0.05, 0) is 67.1 Å². The van der Waals surface area contributed by atoms with E-state index in [9.17, 15) is 19.2 Å². The summed E-state index contributed by atoms with van der Waals surface area (Å²) in [5.74, 6) is -2.59. The molecule has 10 nitrogen and oxygen atoms in total. The van der Waals surface area contributed by atoms with E-state index in [1.54, 1.807) is 66.7 Å². The molecule has 3 amide bonds. The number of methoxy groups -OCH3 is 1. The van der Waals surface area contributed by atoms with Crippen LogP contribution in [0, 0.1) is 6.92 Å². The summed E-state index contributed by atoms with van der Waals surface area (Å²) in [5.41, 5.74) is 5.00. The Morgan fingerprint density at radius 3 is 2.20 bits per heavy atom. The molecule has 206 valence electrons. The number of ether oxygens (including phenoxy) is 2. The standard InChI is InChI=1S/C31H26N4O6/c1-20-12-15-23(16-13-20)33-28(36)24-10-6-7-11-25(24)34-29(37)30(38)35-32-19-21-14-17-26(27(18-21)40-2)41-31(39)22-8-4-3-5-9-22/h3-19H,1-2H3,(H,33,36)(H,34,37)(H,35,38). The fourth-order valence-corrected chi connectivity index (χ4v) is 3.60. The number of anilines is 2. The third kappa shape index (κ3) is 7.64. The van der Waals surface area contributed by atoms with Gasteiger partial charge in [-0.25, -0.2) is 10.2 Å². The van der Waals surface area contributed by atoms with E-state index in [0.29, 0.717) is 16.8 Å². The number of hydrogen-bond acceptors (Lipinski definition) is 7. The van der Waals surface area contributed by atoms with E-state index in [-0.39, 0.29) is 22.7 Å². The third-order valence-corrected chi connectivity index (χ3v) is 5.72. The van der Waals surface area contributed by atoms with Crippen LogP contribution >= 0.6 is 0 Å². The molecule has 0 aliphatic rings. The highest BCUT2D eigenvalue weighted by atomic mass is 16.6. The maximum atomic E-state index is 12.8. The lowest BCUT2D eigenvalue weighted by molar-refractivity contribution is -0.136. The largest absolute Gasteiger partial charge is 0.493 e. The van der Waals surface area contributed by atoms with Gasteiger partial charge >= 0.3 is 17.8 Å². The van der Waals surface area contributed by atoms with E-state index >= 15 is 0 Å². The minimum atomic E-state index is -1.05.